The summed E-state index contributed by atoms with van der Waals surface area (Å²) in [6.07, 6.45) is 2.89. The highest BCUT2D eigenvalue weighted by Gasteiger charge is 2.25. The first-order chi connectivity index (χ1) is 18.5. The number of ether oxygens (including phenoxy) is 3. The summed E-state index contributed by atoms with van der Waals surface area (Å²) in [5.74, 6) is -0.595. The van der Waals surface area contributed by atoms with Crippen molar-refractivity contribution < 1.29 is 28.6 Å². The number of nitrogens with zero attached hydrogens (tertiary/aromatic N) is 3. The van der Waals surface area contributed by atoms with Gasteiger partial charge in [0.15, 0.2) is 0 Å². The van der Waals surface area contributed by atoms with Crippen LogP contribution in [0.15, 0.2) is 24.3 Å². The zero-order chi connectivity index (χ0) is 26.9. The molecule has 3 heterocycles. The maximum Gasteiger partial charge on any atom is 0.338 e. The summed E-state index contributed by atoms with van der Waals surface area (Å²) in [7, 11) is 0. The largest absolute Gasteiger partial charge is 0.462 e. The van der Waals surface area contributed by atoms with E-state index in [0.29, 0.717) is 82.3 Å². The number of benzene rings is 1. The molecule has 1 saturated heterocycles. The molecule has 0 aliphatic carbocycles. The van der Waals surface area contributed by atoms with Gasteiger partial charge in [-0.1, -0.05) is 6.92 Å². The standard InChI is InChI=1S/C28H38N4O6/c1-3-32-25-23(6-4-14-36-15-5-11-29-26(25)33)24(30-32)18-20(2)19-38-28(35)22-9-7-21(8-10-22)27(34)31-12-16-37-17-13-31/h7-10,20H,3-6,11-19H2,1-2H3,(H,29,33)/t20-/m1/s1. The lowest BCUT2D eigenvalue weighted by Gasteiger charge is -2.26. The van der Waals surface area contributed by atoms with Gasteiger partial charge in [0.25, 0.3) is 11.8 Å². The van der Waals surface area contributed by atoms with Crippen molar-refractivity contribution in [2.75, 3.05) is 52.7 Å². The Hall–Kier alpha value is -3.24. The first-order valence-corrected chi connectivity index (χ1v) is 13.6. The number of esters is 1. The zero-order valence-electron chi connectivity index (χ0n) is 22.4. The van der Waals surface area contributed by atoms with Crippen molar-refractivity contribution in [3.05, 3.63) is 52.3 Å². The van der Waals surface area contributed by atoms with E-state index < -0.39 is 5.97 Å². The number of nitrogens with one attached hydrogen (secondary N) is 1. The van der Waals surface area contributed by atoms with Gasteiger partial charge in [-0.15, -0.1) is 0 Å². The molecule has 2 amide bonds. The van der Waals surface area contributed by atoms with Crippen molar-refractivity contribution in [2.24, 2.45) is 5.92 Å². The second-order valence-corrected chi connectivity index (χ2v) is 9.80. The normalized spacial score (nSPS) is 17.6. The maximum atomic E-state index is 12.9. The summed E-state index contributed by atoms with van der Waals surface area (Å²) in [4.78, 5) is 40.0. The summed E-state index contributed by atoms with van der Waals surface area (Å²) in [5.41, 5.74) is 3.38. The van der Waals surface area contributed by atoms with Crippen LogP contribution in [0.5, 0.6) is 0 Å². The van der Waals surface area contributed by atoms with Crippen LogP contribution in [0.4, 0.5) is 0 Å². The first-order valence-electron chi connectivity index (χ1n) is 13.6. The lowest BCUT2D eigenvalue weighted by atomic mass is 9.99. The van der Waals surface area contributed by atoms with E-state index in [0.717, 1.165) is 24.1 Å². The van der Waals surface area contributed by atoms with Gasteiger partial charge in [-0.2, -0.15) is 5.10 Å². The number of hydrogen-bond donors (Lipinski definition) is 1. The van der Waals surface area contributed by atoms with Gasteiger partial charge in [0.05, 0.1) is 31.1 Å². The molecule has 2 aliphatic heterocycles. The van der Waals surface area contributed by atoms with Crippen LogP contribution in [0.25, 0.3) is 0 Å². The third kappa shape index (κ3) is 6.99. The fourth-order valence-corrected chi connectivity index (χ4v) is 4.76. The van der Waals surface area contributed by atoms with Crippen LogP contribution in [-0.2, 0) is 33.6 Å². The molecule has 1 aromatic carbocycles. The molecule has 2 aromatic rings. The fourth-order valence-electron chi connectivity index (χ4n) is 4.76. The molecule has 0 saturated carbocycles. The molecular weight excluding hydrogens is 488 g/mol. The number of rotatable bonds is 7. The lowest BCUT2D eigenvalue weighted by molar-refractivity contribution is 0.0302. The molecule has 10 heteroatoms. The number of aryl methyl sites for hydroxylation is 1. The summed E-state index contributed by atoms with van der Waals surface area (Å²) in [5, 5.41) is 7.74. The van der Waals surface area contributed by atoms with E-state index in [1.165, 1.54) is 0 Å². The van der Waals surface area contributed by atoms with Crippen molar-refractivity contribution in [3.8, 4) is 0 Å². The fraction of sp³-hybridized carbons (Fsp3) is 0.571. The third-order valence-electron chi connectivity index (χ3n) is 6.82. The molecule has 38 heavy (non-hydrogen) atoms. The predicted octanol–water partition coefficient (Wildman–Crippen LogP) is 2.49. The molecule has 0 unspecified atom stereocenters. The Morgan fingerprint density at radius 3 is 2.47 bits per heavy atom. The molecule has 0 radical (unpaired) electrons. The third-order valence-corrected chi connectivity index (χ3v) is 6.82. The van der Waals surface area contributed by atoms with Crippen LogP contribution in [-0.4, -0.2) is 85.1 Å². The van der Waals surface area contributed by atoms with Gasteiger partial charge in [0.2, 0.25) is 0 Å². The average molecular weight is 527 g/mol. The van der Waals surface area contributed by atoms with Gasteiger partial charge in [-0.3, -0.25) is 14.3 Å². The van der Waals surface area contributed by atoms with Crippen molar-refractivity contribution >= 4 is 17.8 Å². The molecule has 2 aliphatic rings. The Bertz CT molecular complexity index is 1110. The minimum atomic E-state index is -0.433. The van der Waals surface area contributed by atoms with E-state index in [9.17, 15) is 14.4 Å². The Balaban J connectivity index is 1.36. The number of carbonyl (C=O) groups excluding carboxylic acids is 3. The van der Waals surface area contributed by atoms with E-state index >= 15 is 0 Å². The molecule has 0 bridgehead atoms. The topological polar surface area (TPSA) is 112 Å². The van der Waals surface area contributed by atoms with E-state index in [1.807, 2.05) is 13.8 Å². The van der Waals surface area contributed by atoms with Gasteiger partial charge in [0.1, 0.15) is 5.69 Å². The predicted molar refractivity (Wildman–Crippen MR) is 140 cm³/mol. The molecule has 0 spiro atoms. The number of morpholine rings is 1. The number of amides is 2. The SMILES string of the molecule is CCn1nc(C[C@@H](C)COC(=O)c2ccc(C(=O)N3CCOCC3)cc2)c2c1C(=O)NCCCOCCC2. The highest BCUT2D eigenvalue weighted by atomic mass is 16.5. The van der Waals surface area contributed by atoms with E-state index in [2.05, 4.69) is 5.32 Å². The zero-order valence-corrected chi connectivity index (χ0v) is 22.4. The van der Waals surface area contributed by atoms with Crippen LogP contribution >= 0.6 is 0 Å². The Morgan fingerprint density at radius 1 is 1.05 bits per heavy atom. The van der Waals surface area contributed by atoms with Crippen molar-refractivity contribution in [2.45, 2.75) is 46.1 Å². The molecule has 1 aromatic heterocycles. The number of carbonyl (C=O) groups is 3. The minimum absolute atomic E-state index is 0.00271. The van der Waals surface area contributed by atoms with Crippen molar-refractivity contribution in [1.29, 1.82) is 0 Å². The summed E-state index contributed by atoms with van der Waals surface area (Å²) in [6.45, 7) is 8.86. The maximum absolute atomic E-state index is 12.9. The molecule has 206 valence electrons. The Morgan fingerprint density at radius 2 is 1.74 bits per heavy atom. The highest BCUT2D eigenvalue weighted by Crippen LogP contribution is 2.21. The number of fused-ring (bicyclic) bond motifs is 1. The molecule has 10 nitrogen and oxygen atoms in total. The minimum Gasteiger partial charge on any atom is -0.462 e. The van der Waals surface area contributed by atoms with Crippen LogP contribution in [0.3, 0.4) is 0 Å². The summed E-state index contributed by atoms with van der Waals surface area (Å²) < 4.78 is 18.3. The van der Waals surface area contributed by atoms with E-state index in [4.69, 9.17) is 19.3 Å². The molecular formula is C28H38N4O6. The molecule has 1 N–H and O–H groups in total. The monoisotopic (exact) mass is 526 g/mol. The smallest absolute Gasteiger partial charge is 0.338 e. The lowest BCUT2D eigenvalue weighted by Crippen LogP contribution is -2.40. The van der Waals surface area contributed by atoms with Gasteiger partial charge in [-0.05, 0) is 62.8 Å². The highest BCUT2D eigenvalue weighted by molar-refractivity contribution is 5.96. The van der Waals surface area contributed by atoms with Crippen molar-refractivity contribution in [3.63, 3.8) is 0 Å². The number of aromatic nitrogens is 2. The van der Waals surface area contributed by atoms with Crippen molar-refractivity contribution in [1.82, 2.24) is 20.0 Å². The first kappa shape index (κ1) is 27.8. The van der Waals surface area contributed by atoms with Crippen LogP contribution in [0.2, 0.25) is 0 Å². The van der Waals surface area contributed by atoms with Crippen LogP contribution < -0.4 is 5.32 Å². The Kier molecular flexibility index (Phi) is 9.89. The Labute approximate surface area is 223 Å². The van der Waals surface area contributed by atoms with Gasteiger partial charge in [-0.25, -0.2) is 4.79 Å². The van der Waals surface area contributed by atoms with E-state index in [-0.39, 0.29) is 24.3 Å². The molecule has 1 atom stereocenters. The van der Waals surface area contributed by atoms with Gasteiger partial charge < -0.3 is 24.4 Å². The molecule has 4 rings (SSSR count). The van der Waals surface area contributed by atoms with Gasteiger partial charge in [0, 0.05) is 50.5 Å². The van der Waals surface area contributed by atoms with Crippen LogP contribution in [0.1, 0.15) is 69.2 Å². The quantitative estimate of drug-likeness (QED) is 0.552. The second-order valence-electron chi connectivity index (χ2n) is 9.80. The summed E-state index contributed by atoms with van der Waals surface area (Å²) in [6, 6.07) is 6.58. The summed E-state index contributed by atoms with van der Waals surface area (Å²) >= 11 is 0. The molecule has 1 fully saturated rings. The second kappa shape index (κ2) is 13.5. The average Bonchev–Trinajstić information content (AvgIpc) is 3.28. The van der Waals surface area contributed by atoms with Gasteiger partial charge >= 0.3 is 5.97 Å². The number of hydrogen-bond acceptors (Lipinski definition) is 7. The van der Waals surface area contributed by atoms with Crippen LogP contribution in [0, 0.1) is 5.92 Å². The van der Waals surface area contributed by atoms with E-state index in [1.54, 1.807) is 33.8 Å².